The van der Waals surface area contributed by atoms with Crippen LogP contribution in [0.25, 0.3) is 0 Å². The minimum absolute atomic E-state index is 1.00. The van der Waals surface area contributed by atoms with Gasteiger partial charge in [0.15, 0.2) is 0 Å². The molecule has 0 radical (unpaired) electrons. The van der Waals surface area contributed by atoms with Gasteiger partial charge in [0.05, 0.1) is 22.8 Å². The van der Waals surface area contributed by atoms with Crippen molar-refractivity contribution in [3.8, 4) is 0 Å². The highest BCUT2D eigenvalue weighted by Gasteiger charge is 2.17. The summed E-state index contributed by atoms with van der Waals surface area (Å²) in [6.45, 7) is 4.42. The number of rotatable bonds is 6. The van der Waals surface area contributed by atoms with E-state index in [9.17, 15) is 0 Å². The van der Waals surface area contributed by atoms with E-state index in [1.54, 1.807) is 0 Å². The Morgan fingerprint density at radius 2 is 0.962 bits per heavy atom. The second kappa shape index (κ2) is 9.10. The minimum atomic E-state index is 1.00. The highest BCUT2D eigenvalue weighted by Crippen LogP contribution is 2.25. The lowest BCUT2D eigenvalue weighted by Crippen LogP contribution is -2.14. The van der Waals surface area contributed by atoms with E-state index in [0.29, 0.717) is 0 Å². The maximum Gasteiger partial charge on any atom is 0.0673 e. The summed E-state index contributed by atoms with van der Waals surface area (Å²) < 4.78 is 0. The molecule has 3 rings (SSSR count). The Kier molecular flexibility index (Phi) is 6.32. The summed E-state index contributed by atoms with van der Waals surface area (Å²) in [7, 11) is 0. The van der Waals surface area contributed by atoms with Crippen molar-refractivity contribution < 1.29 is 0 Å². The van der Waals surface area contributed by atoms with Gasteiger partial charge in [0, 0.05) is 0 Å². The fraction of sp³-hybridized carbons (Fsp3) is 0.250. The molecule has 2 aromatic rings. The smallest absolute Gasteiger partial charge is 0.0673 e. The highest BCUT2D eigenvalue weighted by molar-refractivity contribution is 6.24. The van der Waals surface area contributed by atoms with Crippen molar-refractivity contribution in [1.82, 2.24) is 0 Å². The van der Waals surface area contributed by atoms with Crippen LogP contribution in [0.4, 0.5) is 11.4 Å². The molecule has 0 heterocycles. The number of nitrogens with zero attached hydrogens (tertiary/aromatic N) is 2. The molecule has 26 heavy (non-hydrogen) atoms. The van der Waals surface area contributed by atoms with Crippen LogP contribution in [0, 0.1) is 0 Å². The summed E-state index contributed by atoms with van der Waals surface area (Å²) >= 11 is 0. The van der Waals surface area contributed by atoms with Gasteiger partial charge in [-0.05, 0) is 60.4 Å². The summed E-state index contributed by atoms with van der Waals surface area (Å²) in [5, 5.41) is 0. The van der Waals surface area contributed by atoms with Crippen molar-refractivity contribution in [2.45, 2.75) is 39.5 Å². The zero-order chi connectivity index (χ0) is 18.2. The summed E-state index contributed by atoms with van der Waals surface area (Å²) in [6, 6.07) is 20.4. The third kappa shape index (κ3) is 4.66. The van der Waals surface area contributed by atoms with Crippen LogP contribution in [0.1, 0.15) is 39.5 Å². The number of hydrogen-bond acceptors (Lipinski definition) is 2. The molecule has 0 unspecified atom stereocenters. The van der Waals surface area contributed by atoms with Gasteiger partial charge in [-0.2, -0.15) is 0 Å². The number of benzene rings is 2. The molecule has 2 heteroatoms. The van der Waals surface area contributed by atoms with E-state index in [-0.39, 0.29) is 0 Å². The molecule has 132 valence electrons. The maximum atomic E-state index is 4.91. The topological polar surface area (TPSA) is 24.7 Å². The van der Waals surface area contributed by atoms with E-state index < -0.39 is 0 Å². The molecule has 0 N–H and O–H groups in total. The van der Waals surface area contributed by atoms with Crippen molar-refractivity contribution >= 4 is 22.8 Å². The second-order valence-corrected chi connectivity index (χ2v) is 6.50. The molecule has 0 amide bonds. The Hall–Kier alpha value is -2.74. The summed E-state index contributed by atoms with van der Waals surface area (Å²) in [6.07, 6.45) is 8.68. The van der Waals surface area contributed by atoms with Gasteiger partial charge in [0.25, 0.3) is 0 Å². The number of para-hydroxylation sites is 2. The average Bonchev–Trinajstić information content (AvgIpc) is 2.67. The van der Waals surface area contributed by atoms with Gasteiger partial charge in [-0.25, -0.2) is 9.98 Å². The third-order valence-corrected chi connectivity index (χ3v) is 4.33. The Morgan fingerprint density at radius 3 is 1.31 bits per heavy atom. The van der Waals surface area contributed by atoms with E-state index in [1.165, 1.54) is 11.1 Å². The predicted octanol–water partition coefficient (Wildman–Crippen LogP) is 7.00. The lowest BCUT2D eigenvalue weighted by molar-refractivity contribution is 0.923. The number of aliphatic imine (C=N–C) groups is 2. The standard InChI is InChI=1S/C24H26N2/c1-3-11-19-17-24(26-22-15-9-6-10-16-22)20(12-4-2)18-23(19)25-21-13-7-5-8-14-21/h5-10,13-18H,3-4,11-12H2,1-2H3. The van der Waals surface area contributed by atoms with Gasteiger partial charge in [0.1, 0.15) is 0 Å². The van der Waals surface area contributed by atoms with Crippen LogP contribution >= 0.6 is 0 Å². The van der Waals surface area contributed by atoms with E-state index >= 15 is 0 Å². The van der Waals surface area contributed by atoms with Crippen LogP contribution in [-0.4, -0.2) is 11.4 Å². The van der Waals surface area contributed by atoms with Gasteiger partial charge >= 0.3 is 0 Å². The van der Waals surface area contributed by atoms with Crippen LogP contribution in [0.5, 0.6) is 0 Å². The molecule has 2 nitrogen and oxygen atoms in total. The van der Waals surface area contributed by atoms with Crippen LogP contribution in [0.2, 0.25) is 0 Å². The zero-order valence-electron chi connectivity index (χ0n) is 15.7. The molecule has 0 saturated carbocycles. The first-order valence-corrected chi connectivity index (χ1v) is 9.49. The van der Waals surface area contributed by atoms with Crippen molar-refractivity contribution in [3.05, 3.63) is 84.0 Å². The van der Waals surface area contributed by atoms with Gasteiger partial charge in [-0.3, -0.25) is 0 Å². The molecule has 1 aliphatic rings. The van der Waals surface area contributed by atoms with Crippen molar-refractivity contribution in [2.75, 3.05) is 0 Å². The Morgan fingerprint density at radius 1 is 0.577 bits per heavy atom. The van der Waals surface area contributed by atoms with Crippen LogP contribution in [0.15, 0.2) is 93.9 Å². The molecule has 1 aliphatic carbocycles. The largest absolute Gasteiger partial charge is 0.249 e. The third-order valence-electron chi connectivity index (χ3n) is 4.33. The molecular weight excluding hydrogens is 316 g/mol. The van der Waals surface area contributed by atoms with E-state index in [2.05, 4.69) is 50.3 Å². The molecular formula is C24H26N2. The van der Waals surface area contributed by atoms with Gasteiger partial charge in [-0.15, -0.1) is 0 Å². The maximum absolute atomic E-state index is 4.91. The Balaban J connectivity index is 2.03. The predicted molar refractivity (Wildman–Crippen MR) is 113 cm³/mol. The zero-order valence-corrected chi connectivity index (χ0v) is 15.7. The summed E-state index contributed by atoms with van der Waals surface area (Å²) in [5.41, 5.74) is 6.69. The van der Waals surface area contributed by atoms with Crippen LogP contribution < -0.4 is 0 Å². The van der Waals surface area contributed by atoms with Crippen molar-refractivity contribution in [2.24, 2.45) is 9.98 Å². The number of hydrogen-bond donors (Lipinski definition) is 0. The summed E-state index contributed by atoms with van der Waals surface area (Å²) in [4.78, 5) is 9.82. The molecule has 0 fully saturated rings. The molecule has 0 spiro atoms. The Bertz CT molecular complexity index is 767. The SMILES string of the molecule is CCCC1=CC(=Nc2ccccc2)C(CCC)=CC1=Nc1ccccc1. The van der Waals surface area contributed by atoms with E-state index in [4.69, 9.17) is 9.98 Å². The molecule has 0 bridgehead atoms. The van der Waals surface area contributed by atoms with Gasteiger partial charge in [0.2, 0.25) is 0 Å². The van der Waals surface area contributed by atoms with E-state index in [1.807, 2.05) is 36.4 Å². The number of allylic oxidation sites excluding steroid dienone is 4. The van der Waals surface area contributed by atoms with Crippen molar-refractivity contribution in [3.63, 3.8) is 0 Å². The van der Waals surface area contributed by atoms with Gasteiger partial charge < -0.3 is 0 Å². The van der Waals surface area contributed by atoms with E-state index in [0.717, 1.165) is 48.5 Å². The molecule has 2 aromatic carbocycles. The lowest BCUT2D eigenvalue weighted by atomic mass is 9.90. The average molecular weight is 342 g/mol. The first-order chi connectivity index (χ1) is 12.8. The fourth-order valence-electron chi connectivity index (χ4n) is 3.09. The monoisotopic (exact) mass is 342 g/mol. The van der Waals surface area contributed by atoms with Crippen LogP contribution in [-0.2, 0) is 0 Å². The first kappa shape index (κ1) is 18.1. The molecule has 0 saturated heterocycles. The fourth-order valence-corrected chi connectivity index (χ4v) is 3.09. The minimum Gasteiger partial charge on any atom is -0.249 e. The van der Waals surface area contributed by atoms with Crippen molar-refractivity contribution in [1.29, 1.82) is 0 Å². The molecule has 0 aromatic heterocycles. The highest BCUT2D eigenvalue weighted by atomic mass is 14.8. The lowest BCUT2D eigenvalue weighted by Gasteiger charge is -2.18. The van der Waals surface area contributed by atoms with Gasteiger partial charge in [-0.1, -0.05) is 63.1 Å². The van der Waals surface area contributed by atoms with Crippen LogP contribution in [0.3, 0.4) is 0 Å². The Labute approximate surface area is 156 Å². The first-order valence-electron chi connectivity index (χ1n) is 9.49. The molecule has 0 atom stereocenters. The summed E-state index contributed by atoms with van der Waals surface area (Å²) in [5.74, 6) is 0. The quantitative estimate of drug-likeness (QED) is 0.505. The normalized spacial score (nSPS) is 17.3. The second-order valence-electron chi connectivity index (χ2n) is 6.50. The molecule has 0 aliphatic heterocycles.